The van der Waals surface area contributed by atoms with Crippen LogP contribution in [0, 0.1) is 20.2 Å². The first kappa shape index (κ1) is 26.6. The number of esters is 2. The zero-order chi connectivity index (χ0) is 25.1. The normalized spacial score (nSPS) is 11.6. The first-order chi connectivity index (χ1) is 16.3. The zero-order valence-electron chi connectivity index (χ0n) is 18.2. The first-order valence-corrected chi connectivity index (χ1v) is 12.1. The summed E-state index contributed by atoms with van der Waals surface area (Å²) < 4.78 is 9.57. The van der Waals surface area contributed by atoms with Gasteiger partial charge in [0.15, 0.2) is 0 Å². The van der Waals surface area contributed by atoms with Crippen LogP contribution in [0.1, 0.15) is 11.1 Å². The van der Waals surface area contributed by atoms with E-state index in [2.05, 4.69) is 0 Å². The molecule has 0 aromatic heterocycles. The molecule has 0 saturated heterocycles. The molecule has 34 heavy (non-hydrogen) atoms. The lowest BCUT2D eigenvalue weighted by Gasteiger charge is -2.08. The van der Waals surface area contributed by atoms with E-state index in [4.69, 9.17) is 9.47 Å². The summed E-state index contributed by atoms with van der Waals surface area (Å²) in [4.78, 5) is 45.8. The van der Waals surface area contributed by atoms with E-state index in [9.17, 15) is 29.8 Å². The molecule has 0 spiro atoms. The van der Waals surface area contributed by atoms with Crippen LogP contribution in [0.5, 0.6) is 0 Å². The molecule has 0 saturated carbocycles. The summed E-state index contributed by atoms with van der Waals surface area (Å²) in [5, 5.41) is 22.5. The highest BCUT2D eigenvalue weighted by molar-refractivity contribution is 8.76. The van der Waals surface area contributed by atoms with Gasteiger partial charge in [-0.1, -0.05) is 45.9 Å². The smallest absolute Gasteiger partial charge is 0.334 e. The highest BCUT2D eigenvalue weighted by Gasteiger charge is 2.18. The van der Waals surface area contributed by atoms with Crippen molar-refractivity contribution in [2.45, 2.75) is 0 Å². The summed E-state index contributed by atoms with van der Waals surface area (Å²) >= 11 is 0. The highest BCUT2D eigenvalue weighted by Crippen LogP contribution is 2.30. The minimum absolute atomic E-state index is 0.128. The van der Waals surface area contributed by atoms with Crippen LogP contribution in [0.3, 0.4) is 0 Å². The second kappa shape index (κ2) is 13.2. The maximum Gasteiger partial charge on any atom is 0.334 e. The molecule has 2 rings (SSSR count). The third-order valence-electron chi connectivity index (χ3n) is 4.33. The number of nitro benzene ring substituents is 2. The molecule has 2 aromatic carbocycles. The molecular formula is C22H20N2O8S2. The molecule has 0 N–H and O–H groups in total. The third-order valence-corrected chi connectivity index (χ3v) is 6.57. The van der Waals surface area contributed by atoms with E-state index in [1.807, 2.05) is 0 Å². The number of benzene rings is 2. The summed E-state index contributed by atoms with van der Waals surface area (Å²) in [5.41, 5.74) is 0.590. The molecule has 0 atom stereocenters. The molecule has 178 valence electrons. The van der Waals surface area contributed by atoms with Gasteiger partial charge in [-0.05, 0) is 24.3 Å². The zero-order valence-corrected chi connectivity index (χ0v) is 19.8. The van der Waals surface area contributed by atoms with Crippen molar-refractivity contribution in [3.05, 3.63) is 91.0 Å². The molecule has 0 fully saturated rings. The summed E-state index contributed by atoms with van der Waals surface area (Å²) in [7, 11) is 4.84. The van der Waals surface area contributed by atoms with E-state index in [1.165, 1.54) is 84.4 Å². The Balaban J connectivity index is 2.18. The average Bonchev–Trinajstić information content (AvgIpc) is 2.84. The van der Waals surface area contributed by atoms with Crippen molar-refractivity contribution in [1.82, 2.24) is 0 Å². The number of carbonyl (C=O) groups excluding carboxylic acids is 2. The largest absolute Gasteiger partial charge is 0.466 e. The first-order valence-electron chi connectivity index (χ1n) is 9.57. The van der Waals surface area contributed by atoms with Crippen molar-refractivity contribution >= 4 is 57.1 Å². The lowest BCUT2D eigenvalue weighted by molar-refractivity contribution is -0.385. The van der Waals surface area contributed by atoms with Gasteiger partial charge < -0.3 is 9.47 Å². The Hall–Kier alpha value is -3.64. The van der Waals surface area contributed by atoms with Crippen molar-refractivity contribution < 1.29 is 28.9 Å². The van der Waals surface area contributed by atoms with Crippen LogP contribution in [0.4, 0.5) is 11.4 Å². The van der Waals surface area contributed by atoms with Crippen LogP contribution < -0.4 is 0 Å². The van der Waals surface area contributed by atoms with Crippen molar-refractivity contribution in [3.8, 4) is 0 Å². The maximum atomic E-state index is 12.2. The van der Waals surface area contributed by atoms with E-state index < -0.39 is 21.8 Å². The fraction of sp³-hybridized carbons (Fsp3) is 0.182. The van der Waals surface area contributed by atoms with E-state index >= 15 is 0 Å². The number of rotatable bonds is 11. The number of hydrogen-bond donors (Lipinski definition) is 0. The number of para-hydroxylation sites is 2. The molecule has 12 heteroatoms. The van der Waals surface area contributed by atoms with Gasteiger partial charge in [0, 0.05) is 34.8 Å². The minimum Gasteiger partial charge on any atom is -0.466 e. The van der Waals surface area contributed by atoms with Crippen LogP contribution in [-0.4, -0.2) is 47.5 Å². The van der Waals surface area contributed by atoms with Crippen molar-refractivity contribution in [3.63, 3.8) is 0 Å². The summed E-state index contributed by atoms with van der Waals surface area (Å²) in [6, 6.07) is 12.0. The van der Waals surface area contributed by atoms with Crippen LogP contribution >= 0.6 is 21.6 Å². The highest BCUT2D eigenvalue weighted by atomic mass is 33.1. The summed E-state index contributed by atoms with van der Waals surface area (Å²) in [6.07, 6.45) is 2.78. The standard InChI is InChI=1S/C22H20N2O8S2/c1-31-21(25)17(11-15-7-3-5-9-19(15)23(27)28)13-33-34-14-18(22(26)32-2)12-16-8-4-6-10-20(16)24(29)30/h3-12H,13-14H2,1-2H3/b17-11+,18-12+. The van der Waals surface area contributed by atoms with E-state index in [0.717, 1.165) is 0 Å². The Morgan fingerprint density at radius 3 is 1.44 bits per heavy atom. The fourth-order valence-corrected chi connectivity index (χ4v) is 4.80. The number of nitrogens with zero attached hydrogens (tertiary/aromatic N) is 2. The van der Waals surface area contributed by atoms with E-state index in [-0.39, 0.29) is 45.2 Å². The molecular weight excluding hydrogens is 484 g/mol. The molecule has 0 unspecified atom stereocenters. The predicted octanol–water partition coefficient (Wildman–Crippen LogP) is 4.70. The van der Waals surface area contributed by atoms with Gasteiger partial charge in [-0.3, -0.25) is 20.2 Å². The Labute approximate surface area is 202 Å². The SMILES string of the molecule is COC(=O)/C(=C/c1ccccc1[N+](=O)[O-])CSSC/C(=C\c1ccccc1[N+](=O)[O-])C(=O)OC. The second-order valence-electron chi connectivity index (χ2n) is 6.48. The Morgan fingerprint density at radius 1 is 0.765 bits per heavy atom. The number of ether oxygens (including phenoxy) is 2. The Bertz CT molecular complexity index is 1060. The molecule has 0 radical (unpaired) electrons. The van der Waals surface area contributed by atoms with Crippen molar-refractivity contribution in [1.29, 1.82) is 0 Å². The van der Waals surface area contributed by atoms with E-state index in [0.29, 0.717) is 0 Å². The Kier molecular flexibility index (Phi) is 10.3. The van der Waals surface area contributed by atoms with Crippen molar-refractivity contribution in [2.75, 3.05) is 25.7 Å². The van der Waals surface area contributed by atoms with Gasteiger partial charge in [-0.25, -0.2) is 9.59 Å². The number of hydrogen-bond acceptors (Lipinski definition) is 10. The molecule has 0 heterocycles. The molecule has 2 aromatic rings. The van der Waals surface area contributed by atoms with Gasteiger partial charge in [0.05, 0.1) is 35.2 Å². The second-order valence-corrected chi connectivity index (χ2v) is 8.94. The third kappa shape index (κ3) is 7.46. The van der Waals surface area contributed by atoms with Gasteiger partial charge in [0.25, 0.3) is 11.4 Å². The van der Waals surface area contributed by atoms with E-state index in [1.54, 1.807) is 12.1 Å². The predicted molar refractivity (Wildman–Crippen MR) is 131 cm³/mol. The monoisotopic (exact) mass is 504 g/mol. The number of nitro groups is 2. The van der Waals surface area contributed by atoms with Crippen molar-refractivity contribution in [2.24, 2.45) is 0 Å². The van der Waals surface area contributed by atoms with Crippen LogP contribution in [-0.2, 0) is 19.1 Å². The molecule has 0 aliphatic heterocycles. The lowest BCUT2D eigenvalue weighted by atomic mass is 10.1. The molecule has 10 nitrogen and oxygen atoms in total. The van der Waals surface area contributed by atoms with Gasteiger partial charge in [0.2, 0.25) is 0 Å². The molecule has 0 aliphatic carbocycles. The fourth-order valence-electron chi connectivity index (χ4n) is 2.72. The van der Waals surface area contributed by atoms with Gasteiger partial charge in [0.1, 0.15) is 0 Å². The summed E-state index contributed by atoms with van der Waals surface area (Å²) in [5.74, 6) is -1.03. The Morgan fingerprint density at radius 2 is 1.12 bits per heavy atom. The molecule has 0 aliphatic rings. The van der Waals surface area contributed by atoms with Crippen LogP contribution in [0.25, 0.3) is 12.2 Å². The van der Waals surface area contributed by atoms with Gasteiger partial charge in [-0.2, -0.15) is 0 Å². The number of methoxy groups -OCH3 is 2. The average molecular weight is 505 g/mol. The van der Waals surface area contributed by atoms with Gasteiger partial charge >= 0.3 is 11.9 Å². The summed E-state index contributed by atoms with van der Waals surface area (Å²) in [6.45, 7) is 0. The quantitative estimate of drug-likeness (QED) is 0.106. The molecule has 0 amide bonds. The minimum atomic E-state index is -0.644. The number of carbonyl (C=O) groups is 2. The van der Waals surface area contributed by atoms with Gasteiger partial charge in [-0.15, -0.1) is 0 Å². The maximum absolute atomic E-state index is 12.2. The molecule has 0 bridgehead atoms. The lowest BCUT2D eigenvalue weighted by Crippen LogP contribution is -2.08. The van der Waals surface area contributed by atoms with Crippen LogP contribution in [0.2, 0.25) is 0 Å². The van der Waals surface area contributed by atoms with Crippen LogP contribution in [0.15, 0.2) is 59.7 Å². The topological polar surface area (TPSA) is 139 Å².